The van der Waals surface area contributed by atoms with Crippen molar-refractivity contribution in [3.05, 3.63) is 18.2 Å². The van der Waals surface area contributed by atoms with Gasteiger partial charge in [-0.3, -0.25) is 4.79 Å². The molecule has 1 aromatic heterocycles. The number of carbonyl (C=O) groups is 2. The Bertz CT molecular complexity index is 514. The van der Waals surface area contributed by atoms with Gasteiger partial charge in [0, 0.05) is 43.6 Å². The van der Waals surface area contributed by atoms with E-state index in [2.05, 4.69) is 20.6 Å². The molecule has 3 rings (SSSR count). The van der Waals surface area contributed by atoms with Crippen LogP contribution in [0.1, 0.15) is 29.9 Å². The molecule has 8 nitrogen and oxygen atoms in total. The predicted octanol–water partition coefficient (Wildman–Crippen LogP) is 0.0124. The number of carboxylic acid groups (broad SMARTS) is 1. The van der Waals surface area contributed by atoms with E-state index in [0.29, 0.717) is 25.6 Å². The molecule has 2 unspecified atom stereocenters. The van der Waals surface area contributed by atoms with Crippen molar-refractivity contribution in [3.8, 4) is 0 Å². The fourth-order valence-electron chi connectivity index (χ4n) is 2.65. The zero-order valence-corrected chi connectivity index (χ0v) is 11.6. The van der Waals surface area contributed by atoms with Crippen molar-refractivity contribution >= 4 is 12.0 Å². The number of carbonyl (C=O) groups excluding carboxylic acids is 1. The minimum Gasteiger partial charge on any atom is -0.465 e. The molecule has 2 atom stereocenters. The van der Waals surface area contributed by atoms with Crippen LogP contribution < -0.4 is 10.6 Å². The van der Waals surface area contributed by atoms with Gasteiger partial charge in [0.05, 0.1) is 0 Å². The van der Waals surface area contributed by atoms with Gasteiger partial charge in [0.15, 0.2) is 5.82 Å². The third kappa shape index (κ3) is 3.33. The number of piperidine rings is 1. The van der Waals surface area contributed by atoms with Gasteiger partial charge < -0.3 is 25.6 Å². The second-order valence-corrected chi connectivity index (χ2v) is 5.58. The van der Waals surface area contributed by atoms with Gasteiger partial charge in [-0.2, -0.15) is 0 Å². The van der Waals surface area contributed by atoms with Gasteiger partial charge in [-0.25, -0.2) is 9.78 Å². The van der Waals surface area contributed by atoms with Crippen molar-refractivity contribution in [3.63, 3.8) is 0 Å². The van der Waals surface area contributed by atoms with Crippen LogP contribution in [-0.2, 0) is 0 Å². The summed E-state index contributed by atoms with van der Waals surface area (Å²) in [5.74, 6) is 0.0252. The van der Waals surface area contributed by atoms with Crippen LogP contribution in [0.3, 0.4) is 0 Å². The lowest BCUT2D eigenvalue weighted by atomic mass is 9.99. The van der Waals surface area contributed by atoms with E-state index in [9.17, 15) is 9.59 Å². The Morgan fingerprint density at radius 1 is 1.33 bits per heavy atom. The van der Waals surface area contributed by atoms with Crippen molar-refractivity contribution in [2.75, 3.05) is 13.1 Å². The quantitative estimate of drug-likeness (QED) is 0.625. The third-order valence-electron chi connectivity index (χ3n) is 3.94. The fourth-order valence-corrected chi connectivity index (χ4v) is 2.65. The average Bonchev–Trinajstić information content (AvgIpc) is 3.10. The standard InChI is InChI=1S/C13H19N5O3/c19-12(11-14-4-5-15-11)17-9-3-6-18(13(20)21)7-10(9)16-8-1-2-8/h4-5,8-10,16H,1-3,6-7H2,(H,14,15)(H,17,19)(H,20,21). The number of hydrogen-bond acceptors (Lipinski definition) is 4. The van der Waals surface area contributed by atoms with Gasteiger partial charge in [-0.15, -0.1) is 0 Å². The van der Waals surface area contributed by atoms with E-state index in [1.54, 1.807) is 6.20 Å². The summed E-state index contributed by atoms with van der Waals surface area (Å²) in [5, 5.41) is 15.5. The Morgan fingerprint density at radius 2 is 2.14 bits per heavy atom. The number of amides is 2. The molecule has 1 aromatic rings. The van der Waals surface area contributed by atoms with E-state index < -0.39 is 6.09 Å². The van der Waals surface area contributed by atoms with Crippen molar-refractivity contribution in [2.24, 2.45) is 0 Å². The highest BCUT2D eigenvalue weighted by molar-refractivity contribution is 5.90. The van der Waals surface area contributed by atoms with Gasteiger partial charge in [-0.1, -0.05) is 0 Å². The second-order valence-electron chi connectivity index (χ2n) is 5.58. The Kier molecular flexibility index (Phi) is 3.78. The van der Waals surface area contributed by atoms with E-state index in [1.807, 2.05) is 0 Å². The molecule has 1 aliphatic heterocycles. The molecular formula is C13H19N5O3. The summed E-state index contributed by atoms with van der Waals surface area (Å²) >= 11 is 0. The first kappa shape index (κ1) is 13.9. The van der Waals surface area contributed by atoms with Gasteiger partial charge in [-0.05, 0) is 19.3 Å². The molecule has 0 bridgehead atoms. The van der Waals surface area contributed by atoms with Crippen LogP contribution in [0.25, 0.3) is 0 Å². The number of rotatable bonds is 4. The first-order chi connectivity index (χ1) is 10.1. The Hall–Kier alpha value is -2.09. The molecule has 21 heavy (non-hydrogen) atoms. The number of nitrogens with one attached hydrogen (secondary N) is 3. The number of imidazole rings is 1. The molecule has 1 saturated heterocycles. The van der Waals surface area contributed by atoms with Crippen LogP contribution in [0.2, 0.25) is 0 Å². The summed E-state index contributed by atoms with van der Waals surface area (Å²) in [6.07, 6.45) is 5.05. The number of H-pyrrole nitrogens is 1. The molecule has 2 fully saturated rings. The van der Waals surface area contributed by atoms with Gasteiger partial charge in [0.25, 0.3) is 5.91 Å². The number of hydrogen-bond donors (Lipinski definition) is 4. The minimum atomic E-state index is -0.909. The van der Waals surface area contributed by atoms with Crippen molar-refractivity contribution in [1.82, 2.24) is 25.5 Å². The zero-order chi connectivity index (χ0) is 14.8. The molecule has 8 heteroatoms. The maximum Gasteiger partial charge on any atom is 0.407 e. The molecule has 1 aliphatic carbocycles. The topological polar surface area (TPSA) is 110 Å². The summed E-state index contributed by atoms with van der Waals surface area (Å²) in [6.45, 7) is 0.830. The van der Waals surface area contributed by atoms with E-state index in [-0.39, 0.29) is 23.8 Å². The summed E-state index contributed by atoms with van der Waals surface area (Å²) in [6, 6.07) is 0.312. The Morgan fingerprint density at radius 3 is 2.76 bits per heavy atom. The fraction of sp³-hybridized carbons (Fsp3) is 0.615. The first-order valence-electron chi connectivity index (χ1n) is 7.17. The van der Waals surface area contributed by atoms with E-state index in [4.69, 9.17) is 5.11 Å². The lowest BCUT2D eigenvalue weighted by Gasteiger charge is -2.38. The summed E-state index contributed by atoms with van der Waals surface area (Å²) in [4.78, 5) is 31.3. The minimum absolute atomic E-state index is 0.0544. The third-order valence-corrected chi connectivity index (χ3v) is 3.94. The van der Waals surface area contributed by atoms with Crippen molar-refractivity contribution in [2.45, 2.75) is 37.4 Å². The molecule has 0 radical (unpaired) electrons. The zero-order valence-electron chi connectivity index (χ0n) is 11.6. The average molecular weight is 293 g/mol. The number of likely N-dealkylation sites (tertiary alicyclic amines) is 1. The smallest absolute Gasteiger partial charge is 0.407 e. The van der Waals surface area contributed by atoms with Crippen LogP contribution in [-0.4, -0.2) is 63.2 Å². The molecule has 2 aliphatic rings. The van der Waals surface area contributed by atoms with Crippen LogP contribution >= 0.6 is 0 Å². The maximum atomic E-state index is 12.1. The molecule has 0 spiro atoms. The lowest BCUT2D eigenvalue weighted by molar-refractivity contribution is 0.0861. The highest BCUT2D eigenvalue weighted by Gasteiger charge is 2.36. The highest BCUT2D eigenvalue weighted by Crippen LogP contribution is 2.22. The van der Waals surface area contributed by atoms with E-state index >= 15 is 0 Å². The molecule has 2 amide bonds. The predicted molar refractivity (Wildman–Crippen MR) is 74.0 cm³/mol. The molecule has 2 heterocycles. The number of nitrogens with zero attached hydrogens (tertiary/aromatic N) is 2. The summed E-state index contributed by atoms with van der Waals surface area (Å²) < 4.78 is 0. The lowest BCUT2D eigenvalue weighted by Crippen LogP contribution is -2.60. The normalized spacial score (nSPS) is 25.6. The molecular weight excluding hydrogens is 274 g/mol. The number of aromatic nitrogens is 2. The number of aromatic amines is 1. The summed E-state index contributed by atoms with van der Waals surface area (Å²) in [5.41, 5.74) is 0. The second kappa shape index (κ2) is 5.72. The Balaban J connectivity index is 1.64. The highest BCUT2D eigenvalue weighted by atomic mass is 16.4. The van der Waals surface area contributed by atoms with Crippen LogP contribution in [0.5, 0.6) is 0 Å². The van der Waals surface area contributed by atoms with Gasteiger partial charge in [0.1, 0.15) is 0 Å². The monoisotopic (exact) mass is 293 g/mol. The maximum absolute atomic E-state index is 12.1. The Labute approximate surface area is 121 Å². The van der Waals surface area contributed by atoms with Gasteiger partial charge in [0.2, 0.25) is 0 Å². The van der Waals surface area contributed by atoms with E-state index in [0.717, 1.165) is 12.8 Å². The van der Waals surface area contributed by atoms with Gasteiger partial charge >= 0.3 is 6.09 Å². The summed E-state index contributed by atoms with van der Waals surface area (Å²) in [7, 11) is 0. The van der Waals surface area contributed by atoms with Crippen LogP contribution in [0.15, 0.2) is 12.4 Å². The molecule has 114 valence electrons. The van der Waals surface area contributed by atoms with Crippen LogP contribution in [0, 0.1) is 0 Å². The van der Waals surface area contributed by atoms with Crippen LogP contribution in [0.4, 0.5) is 4.79 Å². The molecule has 0 aromatic carbocycles. The molecule has 1 saturated carbocycles. The van der Waals surface area contributed by atoms with Crippen molar-refractivity contribution < 1.29 is 14.7 Å². The largest absolute Gasteiger partial charge is 0.465 e. The SMILES string of the molecule is O=C(NC1CCN(C(=O)O)CC1NC1CC1)c1ncc[nH]1. The van der Waals surface area contributed by atoms with E-state index in [1.165, 1.54) is 11.1 Å². The van der Waals surface area contributed by atoms with Crippen molar-refractivity contribution in [1.29, 1.82) is 0 Å². The molecule has 4 N–H and O–H groups in total. The first-order valence-corrected chi connectivity index (χ1v) is 7.17.